The van der Waals surface area contributed by atoms with E-state index in [1.54, 1.807) is 5.56 Å². The molecule has 3 rings (SSSR count). The van der Waals surface area contributed by atoms with Crippen LogP contribution in [-0.4, -0.2) is 23.5 Å². The molecule has 2 aliphatic rings. The van der Waals surface area contributed by atoms with Crippen LogP contribution in [0.1, 0.15) is 55.0 Å². The van der Waals surface area contributed by atoms with Crippen molar-refractivity contribution >= 4 is 0 Å². The van der Waals surface area contributed by atoms with E-state index in [0.29, 0.717) is 0 Å². The summed E-state index contributed by atoms with van der Waals surface area (Å²) in [7, 11) is 2.22. The molecule has 0 atom stereocenters. The van der Waals surface area contributed by atoms with Crippen molar-refractivity contribution in [2.24, 2.45) is 0 Å². The van der Waals surface area contributed by atoms with Crippen molar-refractivity contribution in [1.29, 1.82) is 0 Å². The molecule has 1 aliphatic heterocycles. The zero-order valence-electron chi connectivity index (χ0n) is 10.3. The Kier molecular flexibility index (Phi) is 2.76. The van der Waals surface area contributed by atoms with Crippen LogP contribution < -0.4 is 0 Å². The molecule has 0 radical (unpaired) electrons. The van der Waals surface area contributed by atoms with E-state index in [-0.39, 0.29) is 0 Å². The summed E-state index contributed by atoms with van der Waals surface area (Å²) in [5.41, 5.74) is 4.59. The minimum atomic E-state index is 0.824. The first kappa shape index (κ1) is 10.4. The second kappa shape index (κ2) is 4.25. The number of nitrogens with zero attached hydrogens (tertiary/aromatic N) is 1. The van der Waals surface area contributed by atoms with Crippen LogP contribution in [0.3, 0.4) is 0 Å². The Morgan fingerprint density at radius 3 is 2.88 bits per heavy atom. The standard InChI is InChI=1S/C14H22N2/c1-16-8-7-13-12(10-16)9-14(15-13)11-5-3-2-4-6-11/h9,11,15H,2-8,10H2,1H3. The highest BCUT2D eigenvalue weighted by Crippen LogP contribution is 2.33. The van der Waals surface area contributed by atoms with Crippen molar-refractivity contribution < 1.29 is 0 Å². The van der Waals surface area contributed by atoms with E-state index in [1.807, 2.05) is 0 Å². The molecule has 0 saturated heterocycles. The van der Waals surface area contributed by atoms with Gasteiger partial charge in [0, 0.05) is 30.9 Å². The summed E-state index contributed by atoms with van der Waals surface area (Å²) >= 11 is 0. The summed E-state index contributed by atoms with van der Waals surface area (Å²) < 4.78 is 0. The second-order valence-corrected chi connectivity index (χ2v) is 5.55. The number of aromatic amines is 1. The van der Waals surface area contributed by atoms with E-state index in [1.165, 1.54) is 56.5 Å². The van der Waals surface area contributed by atoms with Gasteiger partial charge in [0.1, 0.15) is 0 Å². The lowest BCUT2D eigenvalue weighted by Crippen LogP contribution is -2.25. The van der Waals surface area contributed by atoms with Gasteiger partial charge in [-0.15, -0.1) is 0 Å². The number of aromatic nitrogens is 1. The average Bonchev–Trinajstić information content (AvgIpc) is 2.73. The average molecular weight is 218 g/mol. The fourth-order valence-corrected chi connectivity index (χ4v) is 3.24. The maximum atomic E-state index is 3.70. The molecule has 0 spiro atoms. The summed E-state index contributed by atoms with van der Waals surface area (Å²) in [6, 6.07) is 2.45. The molecule has 0 amide bonds. The van der Waals surface area contributed by atoms with Gasteiger partial charge in [0.15, 0.2) is 0 Å². The molecule has 2 heterocycles. The number of nitrogens with one attached hydrogen (secondary N) is 1. The predicted molar refractivity (Wildman–Crippen MR) is 66.7 cm³/mol. The highest BCUT2D eigenvalue weighted by Gasteiger charge is 2.21. The fraction of sp³-hybridized carbons (Fsp3) is 0.714. The fourth-order valence-electron chi connectivity index (χ4n) is 3.24. The van der Waals surface area contributed by atoms with Gasteiger partial charge in [0.05, 0.1) is 0 Å². The Morgan fingerprint density at radius 2 is 2.06 bits per heavy atom. The van der Waals surface area contributed by atoms with Crippen LogP contribution in [0.4, 0.5) is 0 Å². The number of hydrogen-bond acceptors (Lipinski definition) is 1. The van der Waals surface area contributed by atoms with Gasteiger partial charge < -0.3 is 9.88 Å². The van der Waals surface area contributed by atoms with Crippen molar-refractivity contribution in [2.45, 2.75) is 51.0 Å². The van der Waals surface area contributed by atoms with Crippen LogP contribution in [0.2, 0.25) is 0 Å². The SMILES string of the molecule is CN1CCc2[nH]c(C3CCCCC3)cc2C1. The van der Waals surface area contributed by atoms with Gasteiger partial charge in [-0.05, 0) is 37.4 Å². The van der Waals surface area contributed by atoms with E-state index in [2.05, 4.69) is 23.0 Å². The van der Waals surface area contributed by atoms with Crippen molar-refractivity contribution in [3.63, 3.8) is 0 Å². The molecule has 1 fully saturated rings. The van der Waals surface area contributed by atoms with Gasteiger partial charge in [-0.2, -0.15) is 0 Å². The first-order valence-corrected chi connectivity index (χ1v) is 6.72. The first-order valence-electron chi connectivity index (χ1n) is 6.72. The minimum absolute atomic E-state index is 0.824. The van der Waals surface area contributed by atoms with E-state index in [9.17, 15) is 0 Å². The number of H-pyrrole nitrogens is 1. The lowest BCUT2D eigenvalue weighted by Gasteiger charge is -2.21. The van der Waals surface area contributed by atoms with Crippen LogP contribution >= 0.6 is 0 Å². The van der Waals surface area contributed by atoms with Crippen LogP contribution in [-0.2, 0) is 13.0 Å². The summed E-state index contributed by atoms with van der Waals surface area (Å²) in [4.78, 5) is 6.11. The third kappa shape index (κ3) is 1.91. The van der Waals surface area contributed by atoms with Crippen molar-refractivity contribution in [2.75, 3.05) is 13.6 Å². The van der Waals surface area contributed by atoms with E-state index in [4.69, 9.17) is 0 Å². The summed E-state index contributed by atoms with van der Waals surface area (Å²) in [6.07, 6.45) is 8.30. The molecule has 88 valence electrons. The molecule has 1 saturated carbocycles. The van der Waals surface area contributed by atoms with Crippen molar-refractivity contribution in [3.05, 3.63) is 23.0 Å². The molecular formula is C14H22N2. The molecule has 16 heavy (non-hydrogen) atoms. The summed E-state index contributed by atoms with van der Waals surface area (Å²) in [5, 5.41) is 0. The maximum absolute atomic E-state index is 3.70. The normalized spacial score (nSPS) is 23.3. The molecule has 0 aromatic carbocycles. The Balaban J connectivity index is 1.80. The molecule has 0 unspecified atom stereocenters. The van der Waals surface area contributed by atoms with Gasteiger partial charge >= 0.3 is 0 Å². The highest BCUT2D eigenvalue weighted by molar-refractivity contribution is 5.30. The summed E-state index contributed by atoms with van der Waals surface area (Å²) in [6.45, 7) is 2.34. The molecule has 0 bridgehead atoms. The lowest BCUT2D eigenvalue weighted by atomic mass is 9.87. The zero-order chi connectivity index (χ0) is 11.0. The highest BCUT2D eigenvalue weighted by atomic mass is 15.1. The van der Waals surface area contributed by atoms with Crippen LogP contribution in [0.15, 0.2) is 6.07 Å². The smallest absolute Gasteiger partial charge is 0.0248 e. The Labute approximate surface area is 98.0 Å². The number of rotatable bonds is 1. The van der Waals surface area contributed by atoms with Crippen LogP contribution in [0.5, 0.6) is 0 Å². The van der Waals surface area contributed by atoms with Crippen LogP contribution in [0, 0.1) is 0 Å². The molecule has 2 heteroatoms. The van der Waals surface area contributed by atoms with Gasteiger partial charge in [-0.25, -0.2) is 0 Å². The summed E-state index contributed by atoms with van der Waals surface area (Å²) in [5.74, 6) is 0.824. The zero-order valence-corrected chi connectivity index (χ0v) is 10.3. The van der Waals surface area contributed by atoms with Crippen LogP contribution in [0.25, 0.3) is 0 Å². The number of hydrogen-bond donors (Lipinski definition) is 1. The van der Waals surface area contributed by atoms with Gasteiger partial charge in [-0.1, -0.05) is 19.3 Å². The third-order valence-corrected chi connectivity index (χ3v) is 4.24. The topological polar surface area (TPSA) is 19.0 Å². The molecular weight excluding hydrogens is 196 g/mol. The number of likely N-dealkylation sites (N-methyl/N-ethyl adjacent to an activating group) is 1. The van der Waals surface area contributed by atoms with E-state index >= 15 is 0 Å². The largest absolute Gasteiger partial charge is 0.362 e. The van der Waals surface area contributed by atoms with E-state index < -0.39 is 0 Å². The Bertz CT molecular complexity index is 361. The van der Waals surface area contributed by atoms with Crippen molar-refractivity contribution in [1.82, 2.24) is 9.88 Å². The number of fused-ring (bicyclic) bond motifs is 1. The predicted octanol–water partition coefficient (Wildman–Crippen LogP) is 3.05. The van der Waals surface area contributed by atoms with Crippen molar-refractivity contribution in [3.8, 4) is 0 Å². The van der Waals surface area contributed by atoms with Gasteiger partial charge in [-0.3, -0.25) is 0 Å². The monoisotopic (exact) mass is 218 g/mol. The lowest BCUT2D eigenvalue weighted by molar-refractivity contribution is 0.312. The molecule has 1 aromatic rings. The Hall–Kier alpha value is -0.760. The van der Waals surface area contributed by atoms with Gasteiger partial charge in [0.2, 0.25) is 0 Å². The third-order valence-electron chi connectivity index (χ3n) is 4.24. The maximum Gasteiger partial charge on any atom is 0.0248 e. The van der Waals surface area contributed by atoms with E-state index in [0.717, 1.165) is 12.5 Å². The molecule has 2 nitrogen and oxygen atoms in total. The Morgan fingerprint density at radius 1 is 1.25 bits per heavy atom. The molecule has 1 aliphatic carbocycles. The second-order valence-electron chi connectivity index (χ2n) is 5.55. The molecule has 1 N–H and O–H groups in total. The minimum Gasteiger partial charge on any atom is -0.362 e. The molecule has 1 aromatic heterocycles. The first-order chi connectivity index (χ1) is 7.83. The quantitative estimate of drug-likeness (QED) is 0.767. The van der Waals surface area contributed by atoms with Gasteiger partial charge in [0.25, 0.3) is 0 Å².